The lowest BCUT2D eigenvalue weighted by atomic mass is 9.36. The van der Waals surface area contributed by atoms with E-state index in [0.29, 0.717) is 6.42 Å². The Labute approximate surface area is 230 Å². The second-order valence-corrected chi connectivity index (χ2v) is 14.2. The van der Waals surface area contributed by atoms with Gasteiger partial charge in [0, 0.05) is 36.0 Å². The fraction of sp³-hybridized carbons (Fsp3) is 0.867. The minimum Gasteiger partial charge on any atom is -0.461 e. The molecule has 2 heterocycles. The lowest BCUT2D eigenvalue weighted by molar-refractivity contribution is -0.328. The van der Waals surface area contributed by atoms with Gasteiger partial charge in [0.2, 0.25) is 5.78 Å². The van der Waals surface area contributed by atoms with Crippen molar-refractivity contribution in [3.8, 4) is 0 Å². The first-order valence-electron chi connectivity index (χ1n) is 14.5. The minimum absolute atomic E-state index is 0.0526. The molecule has 9 heteroatoms. The molecule has 3 saturated carbocycles. The summed E-state index contributed by atoms with van der Waals surface area (Å²) in [5.74, 6) is -8.08. The monoisotopic (exact) mass is 548 g/mol. The Morgan fingerprint density at radius 1 is 1.13 bits per heavy atom. The maximum Gasteiger partial charge on any atom is 0.309 e. The van der Waals surface area contributed by atoms with Gasteiger partial charge in [-0.15, -0.1) is 0 Å². The highest BCUT2D eigenvalue weighted by Gasteiger charge is 2.83. The molecule has 0 radical (unpaired) electrons. The van der Waals surface area contributed by atoms with Crippen molar-refractivity contribution >= 4 is 23.3 Å². The van der Waals surface area contributed by atoms with Gasteiger partial charge in [-0.2, -0.15) is 0 Å². The minimum atomic E-state index is -2.09. The summed E-state index contributed by atoms with van der Waals surface area (Å²) in [4.78, 5) is 53.6. The molecule has 9 nitrogen and oxygen atoms in total. The van der Waals surface area contributed by atoms with E-state index in [2.05, 4.69) is 0 Å². The number of Topliss-reactive ketones (excluding diaryl/α,β-unsaturated/α-hetero) is 3. The van der Waals surface area contributed by atoms with Crippen molar-refractivity contribution in [2.24, 2.45) is 58.2 Å². The molecule has 4 unspecified atom stereocenters. The van der Waals surface area contributed by atoms with E-state index in [1.54, 1.807) is 13.8 Å². The highest BCUT2D eigenvalue weighted by molar-refractivity contribution is 6.40. The number of esters is 1. The van der Waals surface area contributed by atoms with Crippen LogP contribution in [0.1, 0.15) is 74.1 Å². The van der Waals surface area contributed by atoms with Gasteiger partial charge < -0.3 is 24.8 Å². The quantitative estimate of drug-likeness (QED) is 0.335. The smallest absolute Gasteiger partial charge is 0.309 e. The number of carbonyl (C=O) groups excluding carboxylic acids is 4. The summed E-state index contributed by atoms with van der Waals surface area (Å²) in [6, 6.07) is 0. The first-order chi connectivity index (χ1) is 18.0. The van der Waals surface area contributed by atoms with E-state index >= 15 is 0 Å². The van der Waals surface area contributed by atoms with E-state index in [0.717, 1.165) is 0 Å². The highest BCUT2D eigenvalue weighted by atomic mass is 16.6. The summed E-state index contributed by atoms with van der Waals surface area (Å²) >= 11 is 0. The van der Waals surface area contributed by atoms with Crippen LogP contribution in [0.15, 0.2) is 0 Å². The van der Waals surface area contributed by atoms with Crippen molar-refractivity contribution in [3.05, 3.63) is 0 Å². The van der Waals surface area contributed by atoms with E-state index < -0.39 is 75.6 Å². The largest absolute Gasteiger partial charge is 0.461 e. The molecule has 5 aliphatic rings. The van der Waals surface area contributed by atoms with Gasteiger partial charge in [-0.05, 0) is 41.9 Å². The number of hydrogen-bond donors (Lipinski definition) is 3. The van der Waals surface area contributed by atoms with Crippen molar-refractivity contribution < 1.29 is 44.0 Å². The average Bonchev–Trinajstić information content (AvgIpc) is 3.13. The first-order valence-corrected chi connectivity index (χ1v) is 14.5. The number of aliphatic hydroxyl groups is 3. The number of ether oxygens (including phenoxy) is 2. The van der Waals surface area contributed by atoms with Gasteiger partial charge in [0.05, 0.1) is 18.1 Å². The van der Waals surface area contributed by atoms with Gasteiger partial charge in [-0.25, -0.2) is 0 Å². The molecule has 3 N–H and O–H groups in total. The summed E-state index contributed by atoms with van der Waals surface area (Å²) in [6.45, 7) is 12.7. The normalized spacial score (nSPS) is 47.2. The summed E-state index contributed by atoms with van der Waals surface area (Å²) in [7, 11) is 0. The van der Waals surface area contributed by atoms with Crippen LogP contribution in [0.5, 0.6) is 0 Å². The zero-order valence-corrected chi connectivity index (χ0v) is 24.1. The predicted molar refractivity (Wildman–Crippen MR) is 138 cm³/mol. The second-order valence-electron chi connectivity index (χ2n) is 14.2. The highest BCUT2D eigenvalue weighted by Crippen LogP contribution is 2.74. The van der Waals surface area contributed by atoms with Crippen LogP contribution in [-0.4, -0.2) is 68.8 Å². The fourth-order valence-electron chi connectivity index (χ4n) is 9.93. The number of carbonyl (C=O) groups is 4. The van der Waals surface area contributed by atoms with Crippen molar-refractivity contribution in [3.63, 3.8) is 0 Å². The third kappa shape index (κ3) is 3.52. The van der Waals surface area contributed by atoms with E-state index in [4.69, 9.17) is 9.47 Å². The molecular weight excluding hydrogens is 504 g/mol. The molecule has 0 aromatic rings. The molecule has 0 aromatic carbocycles. The van der Waals surface area contributed by atoms with Crippen LogP contribution in [-0.2, 0) is 28.7 Å². The Bertz CT molecular complexity index is 1090. The molecule has 0 aromatic heterocycles. The number of aliphatic hydroxyl groups excluding tert-OH is 1. The third-order valence-corrected chi connectivity index (χ3v) is 11.9. The Hall–Kier alpha value is -1.68. The van der Waals surface area contributed by atoms with Crippen LogP contribution in [0.2, 0.25) is 0 Å². The van der Waals surface area contributed by atoms with Crippen LogP contribution < -0.4 is 0 Å². The first kappa shape index (κ1) is 28.8. The number of fused-ring (bicyclic) bond motifs is 1. The van der Waals surface area contributed by atoms with Crippen LogP contribution in [0.25, 0.3) is 0 Å². The van der Waals surface area contributed by atoms with E-state index in [-0.39, 0.29) is 55.3 Å². The molecule has 2 saturated heterocycles. The van der Waals surface area contributed by atoms with Crippen LogP contribution in [0, 0.1) is 58.2 Å². The number of rotatable bonds is 6. The van der Waals surface area contributed by atoms with Gasteiger partial charge in [-0.3, -0.25) is 19.2 Å². The summed E-state index contributed by atoms with van der Waals surface area (Å²) in [6.07, 6.45) is -2.00. The van der Waals surface area contributed by atoms with Gasteiger partial charge in [0.1, 0.15) is 18.0 Å². The zero-order valence-electron chi connectivity index (χ0n) is 24.1. The molecule has 0 amide bonds. The summed E-state index contributed by atoms with van der Waals surface area (Å²) < 4.78 is 12.1. The molecule has 2 bridgehead atoms. The van der Waals surface area contributed by atoms with E-state index in [9.17, 15) is 34.5 Å². The molecule has 3 aliphatic carbocycles. The molecular formula is C30H44O9. The third-order valence-electron chi connectivity index (χ3n) is 11.9. The van der Waals surface area contributed by atoms with Crippen LogP contribution in [0.4, 0.5) is 0 Å². The van der Waals surface area contributed by atoms with Crippen molar-refractivity contribution in [2.75, 3.05) is 6.61 Å². The predicted octanol–water partition coefficient (Wildman–Crippen LogP) is 2.07. The van der Waals surface area contributed by atoms with Gasteiger partial charge in [0.15, 0.2) is 11.6 Å². The molecule has 11 atom stereocenters. The van der Waals surface area contributed by atoms with Crippen molar-refractivity contribution in [1.29, 1.82) is 0 Å². The molecule has 2 aliphatic heterocycles. The maximum absolute atomic E-state index is 13.7. The van der Waals surface area contributed by atoms with Gasteiger partial charge in [-0.1, -0.05) is 48.5 Å². The van der Waals surface area contributed by atoms with Crippen molar-refractivity contribution in [2.45, 2.75) is 97.7 Å². The number of hydrogen-bond acceptors (Lipinski definition) is 9. The van der Waals surface area contributed by atoms with Gasteiger partial charge >= 0.3 is 5.97 Å². The standard InChI is InChI=1S/C30H44O9/c1-13(2)29(36,14(3)4)11-17(31)9-18-22-16(6)23(33)30(37)26-27(7)19(15(5)8-20(32)24(27)34)10-21(39-25(18)35)28(22,26)12-38-30/h13-16,18-19,21-23,26,33,36-37H,8-12H2,1-7H3/t15?,16-,18?,19+,21-,22?,23-,26?,27-,28+,30-/m1/s1. The summed E-state index contributed by atoms with van der Waals surface area (Å²) in [5, 5.41) is 34.7. The van der Waals surface area contributed by atoms with Crippen LogP contribution >= 0.6 is 0 Å². The zero-order chi connectivity index (χ0) is 29.0. The topological polar surface area (TPSA) is 147 Å². The molecule has 39 heavy (non-hydrogen) atoms. The second kappa shape index (κ2) is 8.91. The Kier molecular flexibility index (Phi) is 6.59. The Morgan fingerprint density at radius 2 is 1.74 bits per heavy atom. The Balaban J connectivity index is 1.59. The lowest BCUT2D eigenvalue weighted by Gasteiger charge is -2.67. The number of ketones is 3. The molecule has 5 rings (SSSR count). The maximum atomic E-state index is 13.7. The molecule has 218 valence electrons. The van der Waals surface area contributed by atoms with E-state index in [1.165, 1.54) is 0 Å². The Morgan fingerprint density at radius 3 is 2.33 bits per heavy atom. The van der Waals surface area contributed by atoms with Gasteiger partial charge in [0.25, 0.3) is 0 Å². The van der Waals surface area contributed by atoms with Crippen LogP contribution in [0.3, 0.4) is 0 Å². The van der Waals surface area contributed by atoms with Crippen molar-refractivity contribution in [1.82, 2.24) is 0 Å². The SMILES string of the molecule is CC1CC(=O)C(=O)[C@]2(C)C3[C@]45CO[C@]3(O)[C@H](O)[C@H](C)C4C(CC(=O)CC(O)(C(C)C)C(C)C)C(=O)O[C@@H]5C[C@@H]12. The molecule has 1 spiro atoms. The van der Waals surface area contributed by atoms with E-state index in [1.807, 2.05) is 34.6 Å². The lowest BCUT2D eigenvalue weighted by Crippen LogP contribution is -2.77. The molecule has 5 fully saturated rings. The fourth-order valence-corrected chi connectivity index (χ4v) is 9.93. The average molecular weight is 549 g/mol. The summed E-state index contributed by atoms with van der Waals surface area (Å²) in [5.41, 5.74) is -3.61.